The van der Waals surface area contributed by atoms with Gasteiger partial charge in [-0.25, -0.2) is 9.37 Å². The largest absolute Gasteiger partial charge is 0.481 e. The summed E-state index contributed by atoms with van der Waals surface area (Å²) in [7, 11) is 0. The minimum atomic E-state index is -0.764. The normalized spacial score (nSPS) is 15.5. The Labute approximate surface area is 175 Å². The highest BCUT2D eigenvalue weighted by Gasteiger charge is 2.24. The van der Waals surface area contributed by atoms with Crippen LogP contribution in [0.2, 0.25) is 0 Å². The van der Waals surface area contributed by atoms with Crippen LogP contribution in [0.1, 0.15) is 34.2 Å². The van der Waals surface area contributed by atoms with Crippen molar-refractivity contribution in [2.75, 3.05) is 0 Å². The Morgan fingerprint density at radius 1 is 1.17 bits per heavy atom. The highest BCUT2D eigenvalue weighted by molar-refractivity contribution is 5.71. The lowest BCUT2D eigenvalue weighted by molar-refractivity contribution is -0.142. The predicted octanol–water partition coefficient (Wildman–Crippen LogP) is 5.27. The van der Waals surface area contributed by atoms with E-state index in [-0.39, 0.29) is 18.3 Å². The molecule has 5 heteroatoms. The fourth-order valence-corrected chi connectivity index (χ4v) is 4.17. The lowest BCUT2D eigenvalue weighted by Crippen LogP contribution is -2.22. The molecule has 1 aliphatic carbocycles. The molecule has 30 heavy (non-hydrogen) atoms. The van der Waals surface area contributed by atoms with E-state index in [1.54, 1.807) is 12.3 Å². The van der Waals surface area contributed by atoms with Gasteiger partial charge in [-0.2, -0.15) is 0 Å². The van der Waals surface area contributed by atoms with Gasteiger partial charge in [-0.15, -0.1) is 0 Å². The standard InChI is InChI=1S/C25H24FNO3/c1-15-4-3-5-16(2)24(15)18-8-9-22(26)21(10-18)14-30-23-12-17-6-7-19(25(28)29)11-20(17)13-27-23/h3-5,8-10,12-13,19H,6-7,11,14H2,1-2H3,(H,28,29). The maximum atomic E-state index is 14.4. The summed E-state index contributed by atoms with van der Waals surface area (Å²) in [5, 5.41) is 9.21. The monoisotopic (exact) mass is 405 g/mol. The number of pyridine rings is 1. The topological polar surface area (TPSA) is 59.4 Å². The van der Waals surface area contributed by atoms with E-state index in [0.29, 0.717) is 30.7 Å². The summed E-state index contributed by atoms with van der Waals surface area (Å²) in [6.45, 7) is 4.18. The van der Waals surface area contributed by atoms with Gasteiger partial charge in [-0.1, -0.05) is 24.3 Å². The van der Waals surface area contributed by atoms with E-state index in [0.717, 1.165) is 33.4 Å². The van der Waals surface area contributed by atoms with Crippen molar-refractivity contribution < 1.29 is 19.0 Å². The molecule has 1 unspecified atom stereocenters. The van der Waals surface area contributed by atoms with Crippen LogP contribution in [0.4, 0.5) is 4.39 Å². The molecule has 1 N–H and O–H groups in total. The summed E-state index contributed by atoms with van der Waals surface area (Å²) in [4.78, 5) is 15.5. The third-order valence-corrected chi connectivity index (χ3v) is 5.83. The van der Waals surface area contributed by atoms with Gasteiger partial charge >= 0.3 is 5.97 Å². The van der Waals surface area contributed by atoms with Gasteiger partial charge in [-0.05, 0) is 78.6 Å². The number of hydrogen-bond acceptors (Lipinski definition) is 3. The number of hydrogen-bond donors (Lipinski definition) is 1. The molecule has 0 aliphatic heterocycles. The van der Waals surface area contributed by atoms with Crippen LogP contribution in [0, 0.1) is 25.6 Å². The van der Waals surface area contributed by atoms with Crippen LogP contribution in [0.25, 0.3) is 11.1 Å². The van der Waals surface area contributed by atoms with Crippen molar-refractivity contribution in [1.29, 1.82) is 0 Å². The third kappa shape index (κ3) is 4.06. The highest BCUT2D eigenvalue weighted by Crippen LogP contribution is 2.30. The number of carboxylic acid groups (broad SMARTS) is 1. The summed E-state index contributed by atoms with van der Waals surface area (Å²) >= 11 is 0. The first-order chi connectivity index (χ1) is 14.4. The van der Waals surface area contributed by atoms with Gasteiger partial charge in [0.15, 0.2) is 0 Å². The Bertz CT molecular complexity index is 1090. The minimum Gasteiger partial charge on any atom is -0.481 e. The van der Waals surface area contributed by atoms with Gasteiger partial charge in [0.25, 0.3) is 0 Å². The molecular weight excluding hydrogens is 381 g/mol. The first-order valence-electron chi connectivity index (χ1n) is 10.1. The van der Waals surface area contributed by atoms with E-state index in [2.05, 4.69) is 4.98 Å². The zero-order valence-corrected chi connectivity index (χ0v) is 17.1. The smallest absolute Gasteiger partial charge is 0.306 e. The lowest BCUT2D eigenvalue weighted by atomic mass is 9.85. The van der Waals surface area contributed by atoms with Gasteiger partial charge in [0.05, 0.1) is 5.92 Å². The van der Waals surface area contributed by atoms with Crippen LogP contribution in [0.5, 0.6) is 5.88 Å². The number of carboxylic acids is 1. The first-order valence-corrected chi connectivity index (χ1v) is 10.1. The molecule has 0 fully saturated rings. The maximum absolute atomic E-state index is 14.4. The summed E-state index contributed by atoms with van der Waals surface area (Å²) in [6.07, 6.45) is 3.47. The van der Waals surface area contributed by atoms with Gasteiger partial charge in [-0.3, -0.25) is 4.79 Å². The lowest BCUT2D eigenvalue weighted by Gasteiger charge is -2.21. The molecule has 0 saturated carbocycles. The molecule has 3 aromatic rings. The van der Waals surface area contributed by atoms with Gasteiger partial charge < -0.3 is 9.84 Å². The Morgan fingerprint density at radius 3 is 2.67 bits per heavy atom. The second-order valence-corrected chi connectivity index (χ2v) is 7.93. The molecule has 0 saturated heterocycles. The quantitative estimate of drug-likeness (QED) is 0.628. The van der Waals surface area contributed by atoms with Crippen molar-refractivity contribution in [3.8, 4) is 17.0 Å². The van der Waals surface area contributed by atoms with Crippen molar-refractivity contribution >= 4 is 5.97 Å². The molecule has 1 aromatic heterocycles. The number of fused-ring (bicyclic) bond motifs is 1. The predicted molar refractivity (Wildman–Crippen MR) is 113 cm³/mol. The molecular formula is C25H24FNO3. The Balaban J connectivity index is 1.53. The van der Waals surface area contributed by atoms with Crippen LogP contribution in [-0.4, -0.2) is 16.1 Å². The zero-order valence-electron chi connectivity index (χ0n) is 17.1. The second-order valence-electron chi connectivity index (χ2n) is 7.93. The number of benzene rings is 2. The molecule has 4 rings (SSSR count). The van der Waals surface area contributed by atoms with E-state index in [1.807, 2.05) is 44.2 Å². The van der Waals surface area contributed by atoms with Gasteiger partial charge in [0, 0.05) is 17.8 Å². The third-order valence-electron chi connectivity index (χ3n) is 5.83. The molecule has 4 nitrogen and oxygen atoms in total. The van der Waals surface area contributed by atoms with E-state index in [1.165, 1.54) is 6.07 Å². The highest BCUT2D eigenvalue weighted by atomic mass is 19.1. The van der Waals surface area contributed by atoms with Crippen molar-refractivity contribution in [1.82, 2.24) is 4.98 Å². The number of rotatable bonds is 5. The number of carbonyl (C=O) groups is 1. The number of aliphatic carboxylic acids is 1. The van der Waals surface area contributed by atoms with Crippen molar-refractivity contribution in [3.63, 3.8) is 0 Å². The van der Waals surface area contributed by atoms with Crippen molar-refractivity contribution in [3.05, 3.63) is 82.3 Å². The summed E-state index contributed by atoms with van der Waals surface area (Å²) in [5.74, 6) is -1.00. The molecule has 2 aromatic carbocycles. The number of nitrogens with zero attached hydrogens (tertiary/aromatic N) is 1. The number of aryl methyl sites for hydroxylation is 3. The van der Waals surface area contributed by atoms with E-state index in [4.69, 9.17) is 4.74 Å². The summed E-state index contributed by atoms with van der Waals surface area (Å²) in [6, 6.07) is 13.1. The Hall–Kier alpha value is -3.21. The molecule has 0 radical (unpaired) electrons. The van der Waals surface area contributed by atoms with Gasteiger partial charge in [0.1, 0.15) is 12.4 Å². The maximum Gasteiger partial charge on any atom is 0.306 e. The van der Waals surface area contributed by atoms with Crippen LogP contribution in [-0.2, 0) is 24.2 Å². The van der Waals surface area contributed by atoms with Crippen LogP contribution in [0.15, 0.2) is 48.7 Å². The average Bonchev–Trinajstić information content (AvgIpc) is 2.73. The minimum absolute atomic E-state index is 0.0775. The first kappa shape index (κ1) is 20.1. The summed E-state index contributed by atoms with van der Waals surface area (Å²) < 4.78 is 20.2. The van der Waals surface area contributed by atoms with E-state index in [9.17, 15) is 14.3 Å². The second kappa shape index (κ2) is 8.27. The van der Waals surface area contributed by atoms with Crippen LogP contribution < -0.4 is 4.74 Å². The number of aromatic nitrogens is 1. The Kier molecular flexibility index (Phi) is 5.53. The fourth-order valence-electron chi connectivity index (χ4n) is 4.17. The van der Waals surface area contributed by atoms with Crippen molar-refractivity contribution in [2.45, 2.75) is 39.7 Å². The molecule has 0 amide bonds. The van der Waals surface area contributed by atoms with E-state index >= 15 is 0 Å². The molecule has 0 bridgehead atoms. The average molecular weight is 405 g/mol. The Morgan fingerprint density at radius 2 is 1.93 bits per heavy atom. The van der Waals surface area contributed by atoms with Crippen LogP contribution in [0.3, 0.4) is 0 Å². The number of ether oxygens (including phenoxy) is 1. The van der Waals surface area contributed by atoms with Crippen molar-refractivity contribution in [2.24, 2.45) is 5.92 Å². The van der Waals surface area contributed by atoms with Gasteiger partial charge in [0.2, 0.25) is 5.88 Å². The fraction of sp³-hybridized carbons (Fsp3) is 0.280. The molecule has 0 spiro atoms. The zero-order chi connectivity index (χ0) is 21.3. The molecule has 154 valence electrons. The SMILES string of the molecule is Cc1cccc(C)c1-c1ccc(F)c(COc2cc3c(cn2)CC(C(=O)O)CC3)c1. The molecule has 1 aliphatic rings. The van der Waals surface area contributed by atoms with E-state index < -0.39 is 5.97 Å². The number of halogens is 1. The molecule has 1 heterocycles. The summed E-state index contributed by atoms with van der Waals surface area (Å²) in [5.41, 5.74) is 6.84. The molecule has 1 atom stereocenters. The van der Waals surface area contributed by atoms with Crippen LogP contribution >= 0.6 is 0 Å².